The van der Waals surface area contributed by atoms with Crippen LogP contribution < -0.4 is 5.32 Å². The smallest absolute Gasteiger partial charge is 0.303 e. The number of halogens is 1. The summed E-state index contributed by atoms with van der Waals surface area (Å²) in [5.74, 6) is -0.912. The second-order valence-corrected chi connectivity index (χ2v) is 4.93. The summed E-state index contributed by atoms with van der Waals surface area (Å²) in [4.78, 5) is 22.2. The molecule has 1 atom stereocenters. The number of carboxylic acid groups (broad SMARTS) is 1. The first-order valence-electron chi connectivity index (χ1n) is 6.23. The maximum Gasteiger partial charge on any atom is 0.303 e. The third-order valence-electron chi connectivity index (χ3n) is 2.74. The Morgan fingerprint density at radius 3 is 2.68 bits per heavy atom. The topological polar surface area (TPSA) is 66.4 Å². The minimum atomic E-state index is -0.811. The summed E-state index contributed by atoms with van der Waals surface area (Å²) in [6, 6.07) is 7.19. The molecular formula is C14H18ClNO3. The van der Waals surface area contributed by atoms with Crippen molar-refractivity contribution in [3.8, 4) is 0 Å². The summed E-state index contributed by atoms with van der Waals surface area (Å²) in [5, 5.41) is 12.0. The van der Waals surface area contributed by atoms with Crippen molar-refractivity contribution in [1.29, 1.82) is 0 Å². The Kier molecular flexibility index (Phi) is 6.36. The molecule has 0 saturated carbocycles. The average molecular weight is 284 g/mol. The quantitative estimate of drug-likeness (QED) is 0.808. The fourth-order valence-electron chi connectivity index (χ4n) is 1.77. The third kappa shape index (κ3) is 6.25. The number of rotatable bonds is 7. The molecule has 0 fully saturated rings. The average Bonchev–Trinajstić information content (AvgIpc) is 2.31. The van der Waals surface area contributed by atoms with E-state index in [2.05, 4.69) is 5.32 Å². The fourth-order valence-corrected chi connectivity index (χ4v) is 1.97. The molecule has 0 aliphatic carbocycles. The van der Waals surface area contributed by atoms with Gasteiger partial charge in [0.2, 0.25) is 5.91 Å². The summed E-state index contributed by atoms with van der Waals surface area (Å²) in [7, 11) is 0. The Hall–Kier alpha value is -1.55. The van der Waals surface area contributed by atoms with Gasteiger partial charge < -0.3 is 10.4 Å². The molecular weight excluding hydrogens is 266 g/mol. The highest BCUT2D eigenvalue weighted by Gasteiger charge is 2.10. The van der Waals surface area contributed by atoms with Gasteiger partial charge in [0.25, 0.3) is 0 Å². The van der Waals surface area contributed by atoms with Gasteiger partial charge in [-0.2, -0.15) is 0 Å². The van der Waals surface area contributed by atoms with Gasteiger partial charge in [0.15, 0.2) is 0 Å². The SMILES string of the molecule is CC(CCCC(=O)O)NC(=O)Cc1ccccc1Cl. The van der Waals surface area contributed by atoms with Gasteiger partial charge in [-0.3, -0.25) is 9.59 Å². The van der Waals surface area contributed by atoms with Gasteiger partial charge in [-0.1, -0.05) is 29.8 Å². The Bertz CT molecular complexity index is 448. The van der Waals surface area contributed by atoms with Crippen molar-refractivity contribution in [1.82, 2.24) is 5.32 Å². The van der Waals surface area contributed by atoms with Crippen LogP contribution in [0.3, 0.4) is 0 Å². The van der Waals surface area contributed by atoms with E-state index < -0.39 is 5.97 Å². The molecule has 5 heteroatoms. The number of nitrogens with one attached hydrogen (secondary N) is 1. The predicted octanol–water partition coefficient (Wildman–Crippen LogP) is 2.64. The lowest BCUT2D eigenvalue weighted by Crippen LogP contribution is -2.33. The van der Waals surface area contributed by atoms with E-state index in [0.717, 1.165) is 5.56 Å². The maximum absolute atomic E-state index is 11.8. The molecule has 0 bridgehead atoms. The van der Waals surface area contributed by atoms with E-state index in [1.54, 1.807) is 6.07 Å². The third-order valence-corrected chi connectivity index (χ3v) is 3.11. The van der Waals surface area contributed by atoms with Crippen molar-refractivity contribution in [2.75, 3.05) is 0 Å². The van der Waals surface area contributed by atoms with E-state index in [4.69, 9.17) is 16.7 Å². The van der Waals surface area contributed by atoms with Crippen LogP contribution in [0, 0.1) is 0 Å². The molecule has 0 heterocycles. The molecule has 0 spiro atoms. The van der Waals surface area contributed by atoms with Crippen LogP contribution >= 0.6 is 11.6 Å². The number of amides is 1. The van der Waals surface area contributed by atoms with Crippen molar-refractivity contribution in [2.24, 2.45) is 0 Å². The second-order valence-electron chi connectivity index (χ2n) is 4.52. The van der Waals surface area contributed by atoms with Crippen LogP contribution in [0.4, 0.5) is 0 Å². The highest BCUT2D eigenvalue weighted by molar-refractivity contribution is 6.31. The van der Waals surface area contributed by atoms with Gasteiger partial charge in [-0.05, 0) is 31.4 Å². The summed E-state index contributed by atoms with van der Waals surface area (Å²) in [6.07, 6.45) is 1.58. The van der Waals surface area contributed by atoms with Gasteiger partial charge in [0, 0.05) is 17.5 Å². The van der Waals surface area contributed by atoms with Gasteiger partial charge in [0.05, 0.1) is 6.42 Å². The van der Waals surface area contributed by atoms with Crippen molar-refractivity contribution in [2.45, 2.75) is 38.6 Å². The summed E-state index contributed by atoms with van der Waals surface area (Å²) < 4.78 is 0. The molecule has 0 radical (unpaired) electrons. The zero-order valence-electron chi connectivity index (χ0n) is 10.9. The molecule has 0 aliphatic heterocycles. The Labute approximate surface area is 117 Å². The number of aliphatic carboxylic acids is 1. The van der Waals surface area contributed by atoms with Crippen molar-refractivity contribution in [3.05, 3.63) is 34.9 Å². The molecule has 1 unspecified atom stereocenters. The molecule has 1 aromatic carbocycles. The van der Waals surface area contributed by atoms with E-state index in [1.165, 1.54) is 0 Å². The van der Waals surface area contributed by atoms with Crippen molar-refractivity contribution >= 4 is 23.5 Å². The number of benzene rings is 1. The van der Waals surface area contributed by atoms with Gasteiger partial charge in [-0.15, -0.1) is 0 Å². The zero-order valence-corrected chi connectivity index (χ0v) is 11.6. The zero-order chi connectivity index (χ0) is 14.3. The lowest BCUT2D eigenvalue weighted by atomic mass is 10.1. The fraction of sp³-hybridized carbons (Fsp3) is 0.429. The Morgan fingerprint density at radius 1 is 1.37 bits per heavy atom. The van der Waals surface area contributed by atoms with Crippen molar-refractivity contribution < 1.29 is 14.7 Å². The van der Waals surface area contributed by atoms with Crippen molar-refractivity contribution in [3.63, 3.8) is 0 Å². The number of carbonyl (C=O) groups is 2. The molecule has 0 aliphatic rings. The molecule has 104 valence electrons. The van der Waals surface area contributed by atoms with Crippen LogP contribution in [0.15, 0.2) is 24.3 Å². The van der Waals surface area contributed by atoms with E-state index in [9.17, 15) is 9.59 Å². The normalized spacial score (nSPS) is 11.9. The molecule has 19 heavy (non-hydrogen) atoms. The van der Waals surface area contributed by atoms with Gasteiger partial charge in [0.1, 0.15) is 0 Å². The predicted molar refractivity (Wildman–Crippen MR) is 74.2 cm³/mol. The van der Waals surface area contributed by atoms with Crippen LogP contribution in [0.25, 0.3) is 0 Å². The molecule has 1 amide bonds. The van der Waals surface area contributed by atoms with Gasteiger partial charge >= 0.3 is 5.97 Å². The largest absolute Gasteiger partial charge is 0.481 e. The molecule has 1 aromatic rings. The first-order chi connectivity index (χ1) is 8.99. The minimum absolute atomic E-state index is 0.0330. The van der Waals surface area contributed by atoms with E-state index in [1.807, 2.05) is 25.1 Å². The number of hydrogen-bond acceptors (Lipinski definition) is 2. The molecule has 1 rings (SSSR count). The lowest BCUT2D eigenvalue weighted by Gasteiger charge is -2.13. The highest BCUT2D eigenvalue weighted by atomic mass is 35.5. The molecule has 2 N–H and O–H groups in total. The Balaban J connectivity index is 2.35. The number of carboxylic acids is 1. The monoisotopic (exact) mass is 283 g/mol. The molecule has 4 nitrogen and oxygen atoms in total. The highest BCUT2D eigenvalue weighted by Crippen LogP contribution is 2.15. The standard InChI is InChI=1S/C14H18ClNO3/c1-10(5-4-8-14(18)19)16-13(17)9-11-6-2-3-7-12(11)15/h2-3,6-7,10H,4-5,8-9H2,1H3,(H,16,17)(H,18,19). The van der Waals surface area contributed by atoms with E-state index >= 15 is 0 Å². The molecule has 0 saturated heterocycles. The Morgan fingerprint density at radius 2 is 2.05 bits per heavy atom. The van der Waals surface area contributed by atoms with Crippen LogP contribution in [-0.4, -0.2) is 23.0 Å². The number of hydrogen-bond donors (Lipinski definition) is 2. The second kappa shape index (κ2) is 7.79. The summed E-state index contributed by atoms with van der Waals surface area (Å²) in [6.45, 7) is 1.87. The van der Waals surface area contributed by atoms with Crippen LogP contribution in [0.1, 0.15) is 31.7 Å². The van der Waals surface area contributed by atoms with E-state index in [0.29, 0.717) is 17.9 Å². The first-order valence-corrected chi connectivity index (χ1v) is 6.61. The lowest BCUT2D eigenvalue weighted by molar-refractivity contribution is -0.137. The van der Waals surface area contributed by atoms with Crippen LogP contribution in [0.5, 0.6) is 0 Å². The molecule has 0 aromatic heterocycles. The first kappa shape index (κ1) is 15.5. The van der Waals surface area contributed by atoms with Crippen LogP contribution in [0.2, 0.25) is 5.02 Å². The minimum Gasteiger partial charge on any atom is -0.481 e. The van der Waals surface area contributed by atoms with E-state index in [-0.39, 0.29) is 24.8 Å². The number of carbonyl (C=O) groups excluding carboxylic acids is 1. The van der Waals surface area contributed by atoms with Crippen LogP contribution in [-0.2, 0) is 16.0 Å². The summed E-state index contributed by atoms with van der Waals surface area (Å²) >= 11 is 5.98. The summed E-state index contributed by atoms with van der Waals surface area (Å²) in [5.41, 5.74) is 0.791. The van der Waals surface area contributed by atoms with Gasteiger partial charge in [-0.25, -0.2) is 0 Å². The maximum atomic E-state index is 11.8.